The standard InChI is InChI=1S/C18H18N4O2S2/c23-16(20-8-6-13-4-1-2-7-19-13)10-14-12-26-18(21-14)22-17(24)11-15-5-3-9-25-15/h1-5,7,9,12H,6,8,10-11H2,(H,20,23)(H,21,22,24). The molecule has 0 saturated heterocycles. The lowest BCUT2D eigenvalue weighted by atomic mass is 10.2. The van der Waals surface area contributed by atoms with E-state index in [0.717, 1.165) is 10.6 Å². The summed E-state index contributed by atoms with van der Waals surface area (Å²) in [6, 6.07) is 9.56. The number of hydrogen-bond donors (Lipinski definition) is 2. The number of thiazole rings is 1. The Kier molecular flexibility index (Phi) is 6.45. The molecule has 0 saturated carbocycles. The first kappa shape index (κ1) is 18.2. The van der Waals surface area contributed by atoms with Crippen molar-refractivity contribution in [2.45, 2.75) is 19.3 Å². The van der Waals surface area contributed by atoms with Crippen LogP contribution < -0.4 is 10.6 Å². The average Bonchev–Trinajstić information content (AvgIpc) is 3.28. The zero-order valence-electron chi connectivity index (χ0n) is 14.0. The van der Waals surface area contributed by atoms with Crippen molar-refractivity contribution in [3.8, 4) is 0 Å². The summed E-state index contributed by atoms with van der Waals surface area (Å²) in [5.41, 5.74) is 1.59. The first-order valence-electron chi connectivity index (χ1n) is 8.12. The minimum absolute atomic E-state index is 0.0947. The molecule has 134 valence electrons. The second kappa shape index (κ2) is 9.21. The van der Waals surface area contributed by atoms with E-state index in [0.29, 0.717) is 30.2 Å². The van der Waals surface area contributed by atoms with Gasteiger partial charge in [-0.2, -0.15) is 0 Å². The fourth-order valence-corrected chi connectivity index (χ4v) is 3.71. The summed E-state index contributed by atoms with van der Waals surface area (Å²) >= 11 is 2.87. The molecule has 0 aliphatic heterocycles. The van der Waals surface area contributed by atoms with Crippen LogP contribution in [0.1, 0.15) is 16.3 Å². The SMILES string of the molecule is O=C(Cc1csc(NC(=O)Cc2cccs2)n1)NCCc1ccccn1. The molecule has 3 aromatic rings. The van der Waals surface area contributed by atoms with E-state index in [1.165, 1.54) is 11.3 Å². The molecule has 0 aliphatic rings. The maximum absolute atomic E-state index is 12.0. The predicted molar refractivity (Wildman–Crippen MR) is 103 cm³/mol. The summed E-state index contributed by atoms with van der Waals surface area (Å²) in [5.74, 6) is -0.198. The maximum Gasteiger partial charge on any atom is 0.231 e. The zero-order valence-corrected chi connectivity index (χ0v) is 15.6. The largest absolute Gasteiger partial charge is 0.355 e. The van der Waals surface area contributed by atoms with Crippen LogP contribution in [0.4, 0.5) is 5.13 Å². The quantitative estimate of drug-likeness (QED) is 0.623. The van der Waals surface area contributed by atoms with Crippen LogP contribution in [0.25, 0.3) is 0 Å². The highest BCUT2D eigenvalue weighted by Gasteiger charge is 2.10. The number of pyridine rings is 1. The molecule has 26 heavy (non-hydrogen) atoms. The van der Waals surface area contributed by atoms with Gasteiger partial charge in [-0.05, 0) is 23.6 Å². The van der Waals surface area contributed by atoms with E-state index in [9.17, 15) is 9.59 Å². The molecule has 2 N–H and O–H groups in total. The van der Waals surface area contributed by atoms with Gasteiger partial charge in [0.05, 0.1) is 18.5 Å². The van der Waals surface area contributed by atoms with Crippen LogP contribution in [0.2, 0.25) is 0 Å². The van der Waals surface area contributed by atoms with Crippen LogP contribution in [0.5, 0.6) is 0 Å². The zero-order chi connectivity index (χ0) is 18.2. The van der Waals surface area contributed by atoms with Gasteiger partial charge < -0.3 is 10.6 Å². The Bertz CT molecular complexity index is 847. The Labute approximate surface area is 159 Å². The molecular weight excluding hydrogens is 368 g/mol. The van der Waals surface area contributed by atoms with Gasteiger partial charge in [0, 0.05) is 35.1 Å². The molecule has 6 nitrogen and oxygen atoms in total. The monoisotopic (exact) mass is 386 g/mol. The topological polar surface area (TPSA) is 84.0 Å². The van der Waals surface area contributed by atoms with Crippen LogP contribution in [0.15, 0.2) is 47.3 Å². The molecule has 0 radical (unpaired) electrons. The third-order valence-electron chi connectivity index (χ3n) is 3.48. The average molecular weight is 387 g/mol. The number of anilines is 1. The maximum atomic E-state index is 12.0. The van der Waals surface area contributed by atoms with Crippen molar-refractivity contribution < 1.29 is 9.59 Å². The Morgan fingerprint density at radius 2 is 1.92 bits per heavy atom. The van der Waals surface area contributed by atoms with Gasteiger partial charge in [0.1, 0.15) is 0 Å². The number of hydrogen-bond acceptors (Lipinski definition) is 6. The van der Waals surface area contributed by atoms with Crippen molar-refractivity contribution in [1.82, 2.24) is 15.3 Å². The summed E-state index contributed by atoms with van der Waals surface area (Å²) in [7, 11) is 0. The highest BCUT2D eigenvalue weighted by molar-refractivity contribution is 7.14. The first-order valence-corrected chi connectivity index (χ1v) is 9.88. The summed E-state index contributed by atoms with van der Waals surface area (Å²) in [4.78, 5) is 33.5. The number of carbonyl (C=O) groups excluding carboxylic acids is 2. The molecule has 0 fully saturated rings. The number of thiophene rings is 1. The van der Waals surface area contributed by atoms with Crippen molar-refractivity contribution in [2.75, 3.05) is 11.9 Å². The van der Waals surface area contributed by atoms with E-state index < -0.39 is 0 Å². The summed E-state index contributed by atoms with van der Waals surface area (Å²) in [5, 5.41) is 9.88. The number of carbonyl (C=O) groups is 2. The molecule has 2 amide bonds. The first-order chi connectivity index (χ1) is 12.7. The second-order valence-corrected chi connectivity index (χ2v) is 7.44. The van der Waals surface area contributed by atoms with Crippen LogP contribution in [0.3, 0.4) is 0 Å². The van der Waals surface area contributed by atoms with E-state index in [-0.39, 0.29) is 18.2 Å². The Balaban J connectivity index is 1.41. The van der Waals surface area contributed by atoms with Gasteiger partial charge in [0.15, 0.2) is 5.13 Å². The molecule has 0 unspecified atom stereocenters. The fourth-order valence-electron chi connectivity index (χ4n) is 2.28. The number of nitrogens with zero attached hydrogens (tertiary/aromatic N) is 2. The molecule has 0 bridgehead atoms. The van der Waals surface area contributed by atoms with Gasteiger partial charge in [-0.15, -0.1) is 22.7 Å². The van der Waals surface area contributed by atoms with E-state index in [1.54, 1.807) is 22.9 Å². The lowest BCUT2D eigenvalue weighted by Crippen LogP contribution is -2.27. The third kappa shape index (κ3) is 5.75. The highest BCUT2D eigenvalue weighted by Crippen LogP contribution is 2.17. The Morgan fingerprint density at radius 3 is 2.69 bits per heavy atom. The van der Waals surface area contributed by atoms with Gasteiger partial charge in [-0.1, -0.05) is 12.1 Å². The summed E-state index contributed by atoms with van der Waals surface area (Å²) in [6.07, 6.45) is 2.95. The molecule has 0 aliphatic carbocycles. The van der Waals surface area contributed by atoms with Crippen molar-refractivity contribution in [2.24, 2.45) is 0 Å². The number of aromatic nitrogens is 2. The summed E-state index contributed by atoms with van der Waals surface area (Å²) < 4.78 is 0. The van der Waals surface area contributed by atoms with Crippen LogP contribution >= 0.6 is 22.7 Å². The molecule has 0 spiro atoms. The minimum Gasteiger partial charge on any atom is -0.355 e. The lowest BCUT2D eigenvalue weighted by molar-refractivity contribution is -0.120. The molecule has 3 heterocycles. The normalized spacial score (nSPS) is 10.5. The third-order valence-corrected chi connectivity index (χ3v) is 5.17. The van der Waals surface area contributed by atoms with Gasteiger partial charge >= 0.3 is 0 Å². The molecule has 0 atom stereocenters. The van der Waals surface area contributed by atoms with Crippen molar-refractivity contribution in [3.63, 3.8) is 0 Å². The molecule has 3 aromatic heterocycles. The van der Waals surface area contributed by atoms with Crippen molar-refractivity contribution in [1.29, 1.82) is 0 Å². The fraction of sp³-hybridized carbons (Fsp3) is 0.222. The van der Waals surface area contributed by atoms with Gasteiger partial charge in [-0.25, -0.2) is 4.98 Å². The molecular formula is C18H18N4O2S2. The van der Waals surface area contributed by atoms with Crippen LogP contribution in [-0.4, -0.2) is 28.3 Å². The van der Waals surface area contributed by atoms with Crippen molar-refractivity contribution in [3.05, 3.63) is 63.6 Å². The van der Waals surface area contributed by atoms with E-state index in [4.69, 9.17) is 0 Å². The summed E-state index contributed by atoms with van der Waals surface area (Å²) in [6.45, 7) is 0.532. The second-order valence-electron chi connectivity index (χ2n) is 5.55. The number of nitrogens with one attached hydrogen (secondary N) is 2. The number of amides is 2. The highest BCUT2D eigenvalue weighted by atomic mass is 32.1. The smallest absolute Gasteiger partial charge is 0.231 e. The minimum atomic E-state index is -0.104. The molecule has 0 aromatic carbocycles. The van der Waals surface area contributed by atoms with Crippen molar-refractivity contribution >= 4 is 39.6 Å². The molecule has 8 heteroatoms. The Morgan fingerprint density at radius 1 is 1.00 bits per heavy atom. The molecule has 3 rings (SSSR count). The lowest BCUT2D eigenvalue weighted by Gasteiger charge is -2.03. The van der Waals surface area contributed by atoms with E-state index >= 15 is 0 Å². The van der Waals surface area contributed by atoms with E-state index in [1.807, 2.05) is 35.7 Å². The van der Waals surface area contributed by atoms with Gasteiger partial charge in [0.2, 0.25) is 11.8 Å². The van der Waals surface area contributed by atoms with Crippen LogP contribution in [-0.2, 0) is 28.9 Å². The van der Waals surface area contributed by atoms with Gasteiger partial charge in [0.25, 0.3) is 0 Å². The Hall–Kier alpha value is -2.58. The predicted octanol–water partition coefficient (Wildman–Crippen LogP) is 2.68. The number of rotatable bonds is 8. The van der Waals surface area contributed by atoms with Gasteiger partial charge in [-0.3, -0.25) is 14.6 Å². The van der Waals surface area contributed by atoms with Crippen LogP contribution in [0, 0.1) is 0 Å². The van der Waals surface area contributed by atoms with E-state index in [2.05, 4.69) is 20.6 Å².